The maximum absolute atomic E-state index is 13.1. The third-order valence-electron chi connectivity index (χ3n) is 4.58. The van der Waals surface area contributed by atoms with Crippen LogP contribution in [0.3, 0.4) is 0 Å². The van der Waals surface area contributed by atoms with E-state index >= 15 is 0 Å². The van der Waals surface area contributed by atoms with E-state index < -0.39 is 11.5 Å². The number of carbonyl (C=O) groups excluding carboxylic acids is 1. The van der Waals surface area contributed by atoms with Crippen LogP contribution in [0, 0.1) is 5.41 Å². The summed E-state index contributed by atoms with van der Waals surface area (Å²) in [6.45, 7) is 0.735. The summed E-state index contributed by atoms with van der Waals surface area (Å²) < 4.78 is 0. The Morgan fingerprint density at radius 2 is 1.87 bits per heavy atom. The van der Waals surface area contributed by atoms with E-state index in [-0.39, 0.29) is 12.5 Å². The molecule has 2 amide bonds. The van der Waals surface area contributed by atoms with Crippen LogP contribution in [0.25, 0.3) is 0 Å². The Morgan fingerprint density at radius 1 is 1.22 bits per heavy atom. The van der Waals surface area contributed by atoms with E-state index in [1.807, 2.05) is 44.4 Å². The molecule has 126 valence electrons. The van der Waals surface area contributed by atoms with E-state index in [4.69, 9.17) is 0 Å². The third-order valence-corrected chi connectivity index (χ3v) is 4.58. The van der Waals surface area contributed by atoms with E-state index in [0.29, 0.717) is 25.8 Å². The van der Waals surface area contributed by atoms with Gasteiger partial charge in [-0.15, -0.1) is 0 Å². The van der Waals surface area contributed by atoms with E-state index in [1.54, 1.807) is 17.1 Å². The molecule has 0 unspecified atom stereocenters. The first-order chi connectivity index (χ1) is 10.9. The van der Waals surface area contributed by atoms with E-state index in [0.717, 1.165) is 5.56 Å². The van der Waals surface area contributed by atoms with Crippen molar-refractivity contribution in [1.82, 2.24) is 14.9 Å². The highest BCUT2D eigenvalue weighted by Crippen LogP contribution is 2.36. The molecule has 1 heterocycles. The molecule has 6 nitrogen and oxygen atoms in total. The maximum atomic E-state index is 13.1. The van der Waals surface area contributed by atoms with Crippen LogP contribution in [0.5, 0.6) is 0 Å². The lowest BCUT2D eigenvalue weighted by Crippen LogP contribution is -2.56. The molecule has 1 aromatic carbocycles. The molecule has 1 saturated heterocycles. The summed E-state index contributed by atoms with van der Waals surface area (Å²) in [6, 6.07) is 9.81. The molecule has 1 fully saturated rings. The molecule has 2 rings (SSSR count). The molecule has 0 bridgehead atoms. The molecule has 1 aliphatic rings. The van der Waals surface area contributed by atoms with Gasteiger partial charge >= 0.3 is 6.09 Å². The summed E-state index contributed by atoms with van der Waals surface area (Å²) in [7, 11) is 5.35. The van der Waals surface area contributed by atoms with Gasteiger partial charge < -0.3 is 10.0 Å². The SMILES string of the molecule is CN(C)N(C)C(=O)[C@]1(Cc2ccccc2)CCCN(C(=O)O)C1. The van der Waals surface area contributed by atoms with Crippen LogP contribution in [-0.4, -0.2) is 66.3 Å². The maximum Gasteiger partial charge on any atom is 0.407 e. The summed E-state index contributed by atoms with van der Waals surface area (Å²) in [5.41, 5.74) is 0.344. The Labute approximate surface area is 137 Å². The highest BCUT2D eigenvalue weighted by Gasteiger charge is 2.45. The number of carbonyl (C=O) groups is 2. The Balaban J connectivity index is 2.33. The normalized spacial score (nSPS) is 21.3. The molecule has 0 spiro atoms. The van der Waals surface area contributed by atoms with Gasteiger partial charge in [-0.2, -0.15) is 0 Å². The Hall–Kier alpha value is -2.08. The molecule has 23 heavy (non-hydrogen) atoms. The molecule has 0 aromatic heterocycles. The second-order valence-electron chi connectivity index (χ2n) is 6.43. The molecular weight excluding hydrogens is 294 g/mol. The quantitative estimate of drug-likeness (QED) is 0.861. The van der Waals surface area contributed by atoms with Crippen molar-refractivity contribution in [1.29, 1.82) is 0 Å². The predicted octanol–water partition coefficient (Wildman–Crippen LogP) is 1.92. The summed E-state index contributed by atoms with van der Waals surface area (Å²) in [6.07, 6.45) is 0.992. The zero-order valence-electron chi connectivity index (χ0n) is 14.0. The third kappa shape index (κ3) is 3.82. The first-order valence-electron chi connectivity index (χ1n) is 7.83. The van der Waals surface area contributed by atoms with Crippen molar-refractivity contribution in [3.05, 3.63) is 35.9 Å². The molecular formula is C17H25N3O3. The van der Waals surface area contributed by atoms with Crippen LogP contribution in [0.15, 0.2) is 30.3 Å². The first kappa shape index (κ1) is 17.3. The van der Waals surface area contributed by atoms with Crippen LogP contribution in [0.4, 0.5) is 4.79 Å². The van der Waals surface area contributed by atoms with Gasteiger partial charge in [-0.25, -0.2) is 9.80 Å². The number of benzene rings is 1. The molecule has 0 saturated carbocycles. The Kier molecular flexibility index (Phi) is 5.26. The summed E-state index contributed by atoms with van der Waals surface area (Å²) in [4.78, 5) is 25.9. The topological polar surface area (TPSA) is 64.1 Å². The highest BCUT2D eigenvalue weighted by atomic mass is 16.4. The lowest BCUT2D eigenvalue weighted by molar-refractivity contribution is -0.156. The van der Waals surface area contributed by atoms with E-state index in [9.17, 15) is 14.7 Å². The molecule has 0 aliphatic carbocycles. The van der Waals surface area contributed by atoms with Crippen LogP contribution in [-0.2, 0) is 11.2 Å². The lowest BCUT2D eigenvalue weighted by Gasteiger charge is -2.43. The van der Waals surface area contributed by atoms with Crippen LogP contribution in [0.2, 0.25) is 0 Å². The highest BCUT2D eigenvalue weighted by molar-refractivity contribution is 5.83. The standard InChI is InChI=1S/C17H25N3O3/c1-18(2)19(3)15(21)17(12-14-8-5-4-6-9-14)10-7-11-20(13-17)16(22)23/h4-6,8-9H,7,10-13H2,1-3H3,(H,22,23)/t17-/m0/s1. The van der Waals surface area contributed by atoms with Crippen molar-refractivity contribution < 1.29 is 14.7 Å². The average Bonchev–Trinajstić information content (AvgIpc) is 2.54. The second kappa shape index (κ2) is 7.00. The van der Waals surface area contributed by atoms with Gasteiger partial charge in [-0.1, -0.05) is 30.3 Å². The smallest absolute Gasteiger partial charge is 0.407 e. The summed E-state index contributed by atoms with van der Waals surface area (Å²) >= 11 is 0. The number of likely N-dealkylation sites (tertiary alicyclic amines) is 1. The minimum Gasteiger partial charge on any atom is -0.465 e. The van der Waals surface area contributed by atoms with Crippen molar-refractivity contribution in [3.8, 4) is 0 Å². The average molecular weight is 319 g/mol. The number of carboxylic acid groups (broad SMARTS) is 1. The fourth-order valence-electron chi connectivity index (χ4n) is 3.20. The van der Waals surface area contributed by atoms with Crippen molar-refractivity contribution in [3.63, 3.8) is 0 Å². The van der Waals surface area contributed by atoms with Crippen LogP contribution in [0.1, 0.15) is 18.4 Å². The van der Waals surface area contributed by atoms with Gasteiger partial charge in [-0.3, -0.25) is 9.80 Å². The zero-order valence-corrected chi connectivity index (χ0v) is 14.0. The number of amides is 2. The van der Waals surface area contributed by atoms with Gasteiger partial charge in [0.25, 0.3) is 0 Å². The Morgan fingerprint density at radius 3 is 2.43 bits per heavy atom. The van der Waals surface area contributed by atoms with Crippen molar-refractivity contribution in [2.75, 3.05) is 34.2 Å². The zero-order chi connectivity index (χ0) is 17.0. The second-order valence-corrected chi connectivity index (χ2v) is 6.43. The van der Waals surface area contributed by atoms with Crippen molar-refractivity contribution in [2.24, 2.45) is 5.41 Å². The van der Waals surface area contributed by atoms with E-state index in [1.165, 1.54) is 4.90 Å². The lowest BCUT2D eigenvalue weighted by atomic mass is 9.74. The summed E-state index contributed by atoms with van der Waals surface area (Å²) in [5.74, 6) is -0.0303. The molecule has 6 heteroatoms. The predicted molar refractivity (Wildman–Crippen MR) is 87.9 cm³/mol. The van der Waals surface area contributed by atoms with Gasteiger partial charge in [0.15, 0.2) is 0 Å². The summed E-state index contributed by atoms with van der Waals surface area (Å²) in [5, 5.41) is 12.7. The number of hydrogen-bond donors (Lipinski definition) is 1. The Bertz CT molecular complexity index is 561. The largest absolute Gasteiger partial charge is 0.465 e. The molecule has 1 aromatic rings. The number of rotatable bonds is 4. The van der Waals surface area contributed by atoms with Gasteiger partial charge in [0, 0.05) is 34.2 Å². The van der Waals surface area contributed by atoms with Gasteiger partial charge in [0.1, 0.15) is 0 Å². The van der Waals surface area contributed by atoms with Gasteiger partial charge in [0.05, 0.1) is 5.41 Å². The van der Waals surface area contributed by atoms with Crippen LogP contribution >= 0.6 is 0 Å². The molecule has 1 atom stereocenters. The van der Waals surface area contributed by atoms with Crippen molar-refractivity contribution in [2.45, 2.75) is 19.3 Å². The minimum absolute atomic E-state index is 0.0303. The molecule has 0 radical (unpaired) electrons. The number of hydrogen-bond acceptors (Lipinski definition) is 3. The fourth-order valence-corrected chi connectivity index (χ4v) is 3.20. The molecule has 1 N–H and O–H groups in total. The monoisotopic (exact) mass is 319 g/mol. The number of nitrogens with zero attached hydrogens (tertiary/aromatic N) is 3. The van der Waals surface area contributed by atoms with E-state index in [2.05, 4.69) is 0 Å². The first-order valence-corrected chi connectivity index (χ1v) is 7.83. The van der Waals surface area contributed by atoms with Gasteiger partial charge in [-0.05, 0) is 24.8 Å². The van der Waals surface area contributed by atoms with Crippen LogP contribution < -0.4 is 0 Å². The van der Waals surface area contributed by atoms with Crippen molar-refractivity contribution >= 4 is 12.0 Å². The van der Waals surface area contributed by atoms with Gasteiger partial charge in [0.2, 0.25) is 5.91 Å². The number of hydrazine groups is 1. The number of piperidine rings is 1. The minimum atomic E-state index is -0.956. The fraction of sp³-hybridized carbons (Fsp3) is 0.529. The molecule has 1 aliphatic heterocycles.